The number of fused-ring (bicyclic) bond motifs is 1. The number of rotatable bonds is 6. The molecule has 0 saturated carbocycles. The lowest BCUT2D eigenvalue weighted by Gasteiger charge is -2.07. The maximum absolute atomic E-state index is 12.7. The van der Waals surface area contributed by atoms with Gasteiger partial charge >= 0.3 is 6.09 Å². The summed E-state index contributed by atoms with van der Waals surface area (Å²) in [6.07, 6.45) is 5.83. The molecule has 29 heavy (non-hydrogen) atoms. The van der Waals surface area contributed by atoms with E-state index in [2.05, 4.69) is 15.4 Å². The zero-order valence-corrected chi connectivity index (χ0v) is 16.0. The summed E-state index contributed by atoms with van der Waals surface area (Å²) in [5, 5.41) is 17.1. The molecular formula is C21H16N4O3S. The van der Waals surface area contributed by atoms with Crippen LogP contribution in [0.3, 0.4) is 0 Å². The monoisotopic (exact) mass is 404 g/mol. The lowest BCUT2D eigenvalue weighted by atomic mass is 10.1. The molecule has 3 heterocycles. The van der Waals surface area contributed by atoms with Crippen molar-refractivity contribution in [3.8, 4) is 11.3 Å². The molecule has 0 spiro atoms. The lowest BCUT2D eigenvalue weighted by molar-refractivity contribution is 0.104. The maximum atomic E-state index is 12.7. The summed E-state index contributed by atoms with van der Waals surface area (Å²) in [5.41, 5.74) is 3.73. The van der Waals surface area contributed by atoms with Gasteiger partial charge in [-0.25, -0.2) is 14.3 Å². The normalized spacial score (nSPS) is 11.2. The number of benzene rings is 1. The summed E-state index contributed by atoms with van der Waals surface area (Å²) in [6.45, 7) is 0. The molecule has 8 heteroatoms. The molecule has 1 aromatic carbocycles. The van der Waals surface area contributed by atoms with Crippen molar-refractivity contribution >= 4 is 28.9 Å². The van der Waals surface area contributed by atoms with E-state index in [1.807, 2.05) is 41.8 Å². The van der Waals surface area contributed by atoms with Gasteiger partial charge in [0.15, 0.2) is 5.65 Å². The predicted molar refractivity (Wildman–Crippen MR) is 110 cm³/mol. The first-order valence-corrected chi connectivity index (χ1v) is 9.66. The third-order valence-electron chi connectivity index (χ3n) is 4.29. The van der Waals surface area contributed by atoms with Crippen LogP contribution in [0.25, 0.3) is 16.9 Å². The molecule has 7 nitrogen and oxygen atoms in total. The van der Waals surface area contributed by atoms with Gasteiger partial charge in [-0.1, -0.05) is 30.3 Å². The Balaban J connectivity index is 1.67. The second-order valence-electron chi connectivity index (χ2n) is 6.19. The number of allylic oxidation sites excluding steroid dienone is 1. The molecule has 4 aromatic rings. The molecule has 0 fully saturated rings. The summed E-state index contributed by atoms with van der Waals surface area (Å²) in [7, 11) is 0. The van der Waals surface area contributed by atoms with Crippen LogP contribution in [0.4, 0.5) is 4.79 Å². The van der Waals surface area contributed by atoms with Crippen LogP contribution in [0.2, 0.25) is 0 Å². The van der Waals surface area contributed by atoms with E-state index in [0.29, 0.717) is 22.5 Å². The van der Waals surface area contributed by atoms with Crippen LogP contribution in [-0.2, 0) is 6.42 Å². The smallest absolute Gasteiger partial charge is 0.408 e. The van der Waals surface area contributed by atoms with E-state index in [1.54, 1.807) is 29.1 Å². The van der Waals surface area contributed by atoms with E-state index in [4.69, 9.17) is 5.11 Å². The summed E-state index contributed by atoms with van der Waals surface area (Å²) >= 11 is 1.39. The SMILES string of the molecule is O=C(O)NC=CCc1cccc(-c2ccnc3c(C(=O)c4cccs4)cnn23)c1. The number of carbonyl (C=O) groups excluding carboxylic acids is 1. The quantitative estimate of drug-likeness (QED) is 0.473. The van der Waals surface area contributed by atoms with Crippen LogP contribution in [0, 0.1) is 0 Å². The topological polar surface area (TPSA) is 96.6 Å². The highest BCUT2D eigenvalue weighted by Crippen LogP contribution is 2.24. The number of aromatic nitrogens is 3. The number of hydrogen-bond donors (Lipinski definition) is 2. The third-order valence-corrected chi connectivity index (χ3v) is 5.16. The minimum atomic E-state index is -1.10. The van der Waals surface area contributed by atoms with Crippen molar-refractivity contribution in [3.63, 3.8) is 0 Å². The van der Waals surface area contributed by atoms with Gasteiger partial charge in [-0.3, -0.25) is 10.1 Å². The van der Waals surface area contributed by atoms with Crippen LogP contribution in [0.1, 0.15) is 20.8 Å². The second kappa shape index (κ2) is 8.07. The minimum Gasteiger partial charge on any atom is -0.465 e. The standard InChI is InChI=1S/C21H16N4O3S/c26-19(18-7-3-11-29-18)16-13-24-25-17(8-10-22-20(16)25)15-6-1-4-14(12-15)5-2-9-23-21(27)28/h1-4,6-13,23H,5H2,(H,27,28). The van der Waals surface area contributed by atoms with E-state index >= 15 is 0 Å². The van der Waals surface area contributed by atoms with Gasteiger partial charge in [0.1, 0.15) is 0 Å². The van der Waals surface area contributed by atoms with Crippen molar-refractivity contribution in [2.75, 3.05) is 0 Å². The molecule has 2 N–H and O–H groups in total. The Kier molecular flexibility index (Phi) is 5.17. The van der Waals surface area contributed by atoms with Crippen molar-refractivity contribution in [1.29, 1.82) is 0 Å². The summed E-state index contributed by atoms with van der Waals surface area (Å²) in [6, 6.07) is 13.3. The second-order valence-corrected chi connectivity index (χ2v) is 7.13. The van der Waals surface area contributed by atoms with Crippen LogP contribution < -0.4 is 5.32 Å². The highest BCUT2D eigenvalue weighted by Gasteiger charge is 2.18. The minimum absolute atomic E-state index is 0.0931. The molecular weight excluding hydrogens is 388 g/mol. The Bertz CT molecular complexity index is 1210. The Morgan fingerprint density at radius 2 is 2.10 bits per heavy atom. The zero-order valence-electron chi connectivity index (χ0n) is 15.1. The van der Waals surface area contributed by atoms with Gasteiger partial charge in [-0.15, -0.1) is 11.3 Å². The van der Waals surface area contributed by atoms with Gasteiger partial charge in [0.25, 0.3) is 0 Å². The van der Waals surface area contributed by atoms with E-state index in [1.165, 1.54) is 17.5 Å². The number of carbonyl (C=O) groups is 2. The number of nitrogens with one attached hydrogen (secondary N) is 1. The summed E-state index contributed by atoms with van der Waals surface area (Å²) in [4.78, 5) is 28.3. The van der Waals surface area contributed by atoms with Crippen molar-refractivity contribution in [2.24, 2.45) is 0 Å². The van der Waals surface area contributed by atoms with Gasteiger partial charge in [-0.05, 0) is 35.6 Å². The number of ketones is 1. The Hall–Kier alpha value is -3.78. The number of carboxylic acid groups (broad SMARTS) is 1. The molecule has 0 atom stereocenters. The van der Waals surface area contributed by atoms with Gasteiger partial charge in [0.05, 0.1) is 22.3 Å². The van der Waals surface area contributed by atoms with Crippen LogP contribution in [-0.4, -0.2) is 31.6 Å². The molecule has 0 unspecified atom stereocenters. The first-order chi connectivity index (χ1) is 14.1. The Labute approximate surface area is 170 Å². The molecule has 144 valence electrons. The van der Waals surface area contributed by atoms with E-state index in [-0.39, 0.29) is 5.78 Å². The molecule has 0 aliphatic carbocycles. The third kappa shape index (κ3) is 3.92. The van der Waals surface area contributed by atoms with E-state index in [9.17, 15) is 9.59 Å². The predicted octanol–water partition coefficient (Wildman–Crippen LogP) is 4.01. The molecule has 0 radical (unpaired) electrons. The zero-order chi connectivity index (χ0) is 20.2. The molecule has 0 aliphatic heterocycles. The van der Waals surface area contributed by atoms with E-state index < -0.39 is 6.09 Å². The van der Waals surface area contributed by atoms with Crippen LogP contribution in [0.5, 0.6) is 0 Å². The van der Waals surface area contributed by atoms with Gasteiger partial charge in [0, 0.05) is 18.0 Å². The fourth-order valence-corrected chi connectivity index (χ4v) is 3.67. The fraction of sp³-hybridized carbons (Fsp3) is 0.0476. The summed E-state index contributed by atoms with van der Waals surface area (Å²) in [5.74, 6) is -0.0931. The molecule has 0 saturated heterocycles. The van der Waals surface area contributed by atoms with Crippen molar-refractivity contribution in [3.05, 3.63) is 88.5 Å². The number of thiophene rings is 1. The lowest BCUT2D eigenvalue weighted by Crippen LogP contribution is -2.12. The van der Waals surface area contributed by atoms with Gasteiger partial charge in [0.2, 0.25) is 5.78 Å². The maximum Gasteiger partial charge on any atom is 0.408 e. The molecule has 4 rings (SSSR count). The number of hydrogen-bond acceptors (Lipinski definition) is 5. The van der Waals surface area contributed by atoms with Crippen LogP contribution >= 0.6 is 11.3 Å². The van der Waals surface area contributed by atoms with Crippen molar-refractivity contribution in [2.45, 2.75) is 6.42 Å². The number of amides is 1. The Morgan fingerprint density at radius 3 is 2.90 bits per heavy atom. The molecule has 0 aliphatic rings. The van der Waals surface area contributed by atoms with Crippen molar-refractivity contribution < 1.29 is 14.7 Å². The Morgan fingerprint density at radius 1 is 1.21 bits per heavy atom. The number of nitrogens with zero attached hydrogens (tertiary/aromatic N) is 3. The average Bonchev–Trinajstić information content (AvgIpc) is 3.40. The fourth-order valence-electron chi connectivity index (χ4n) is 2.99. The first kappa shape index (κ1) is 18.6. The van der Waals surface area contributed by atoms with Gasteiger partial charge in [-0.2, -0.15) is 5.10 Å². The first-order valence-electron chi connectivity index (χ1n) is 8.78. The molecule has 3 aromatic heterocycles. The van der Waals surface area contributed by atoms with Crippen LogP contribution in [0.15, 0.2) is 72.5 Å². The van der Waals surface area contributed by atoms with E-state index in [0.717, 1.165) is 16.8 Å². The van der Waals surface area contributed by atoms with Crippen molar-refractivity contribution in [1.82, 2.24) is 19.9 Å². The largest absolute Gasteiger partial charge is 0.465 e. The highest BCUT2D eigenvalue weighted by molar-refractivity contribution is 7.12. The van der Waals surface area contributed by atoms with Gasteiger partial charge < -0.3 is 5.11 Å². The highest BCUT2D eigenvalue weighted by atomic mass is 32.1. The summed E-state index contributed by atoms with van der Waals surface area (Å²) < 4.78 is 1.67. The average molecular weight is 404 g/mol. The molecule has 1 amide bonds. The molecule has 0 bridgehead atoms.